The molecule has 5 rings (SSSR count). The molecule has 1 fully saturated rings. The number of hydrogen-bond acceptors (Lipinski definition) is 7. The number of anilines is 1. The molecule has 8 nitrogen and oxygen atoms in total. The van der Waals surface area contributed by atoms with Crippen molar-refractivity contribution in [2.24, 2.45) is 5.92 Å². The SMILES string of the molecule is CCC1(c2cc(OC)c(OC)c(OC)c2)CNCCN1CCCCOc1ccc(C2(C(C)C)C(=O)N(C)c3ccc(C)cc32)cc1. The number of nitrogens with one attached hydrogen (secondary N) is 1. The lowest BCUT2D eigenvalue weighted by Gasteiger charge is -2.48. The van der Waals surface area contributed by atoms with Crippen LogP contribution in [0.2, 0.25) is 0 Å². The van der Waals surface area contributed by atoms with Crippen molar-refractivity contribution in [1.29, 1.82) is 0 Å². The molecule has 3 aromatic rings. The van der Waals surface area contributed by atoms with Gasteiger partial charge >= 0.3 is 0 Å². The molecule has 0 aromatic heterocycles. The number of rotatable bonds is 13. The molecule has 2 unspecified atom stereocenters. The van der Waals surface area contributed by atoms with E-state index >= 15 is 0 Å². The first-order valence-electron chi connectivity index (χ1n) is 16.6. The molecule has 0 spiro atoms. The fraction of sp³-hybridized carbons (Fsp3) is 0.500. The molecule has 1 amide bonds. The number of methoxy groups -OCH3 is 3. The van der Waals surface area contributed by atoms with E-state index in [1.54, 1.807) is 21.3 Å². The summed E-state index contributed by atoms with van der Waals surface area (Å²) in [4.78, 5) is 18.2. The Hall–Kier alpha value is -3.75. The van der Waals surface area contributed by atoms with Crippen LogP contribution in [0.25, 0.3) is 0 Å². The minimum atomic E-state index is -0.707. The van der Waals surface area contributed by atoms with Gasteiger partial charge < -0.3 is 29.2 Å². The van der Waals surface area contributed by atoms with E-state index in [4.69, 9.17) is 18.9 Å². The Labute approximate surface area is 275 Å². The van der Waals surface area contributed by atoms with E-state index in [0.29, 0.717) is 23.9 Å². The van der Waals surface area contributed by atoms with Gasteiger partial charge in [-0.3, -0.25) is 9.69 Å². The Morgan fingerprint density at radius 2 is 1.61 bits per heavy atom. The fourth-order valence-corrected chi connectivity index (χ4v) is 7.67. The predicted octanol–water partition coefficient (Wildman–Crippen LogP) is 6.31. The van der Waals surface area contributed by atoms with Crippen molar-refractivity contribution in [3.8, 4) is 23.0 Å². The van der Waals surface area contributed by atoms with Gasteiger partial charge in [0.15, 0.2) is 11.5 Å². The van der Waals surface area contributed by atoms with Crippen LogP contribution in [0.5, 0.6) is 23.0 Å². The second-order valence-corrected chi connectivity index (χ2v) is 12.9. The molecule has 2 aliphatic rings. The maximum absolute atomic E-state index is 13.8. The summed E-state index contributed by atoms with van der Waals surface area (Å²) < 4.78 is 23.2. The molecule has 2 heterocycles. The second kappa shape index (κ2) is 13.9. The first-order chi connectivity index (χ1) is 22.2. The number of benzene rings is 3. The van der Waals surface area contributed by atoms with Crippen molar-refractivity contribution in [3.05, 3.63) is 76.9 Å². The summed E-state index contributed by atoms with van der Waals surface area (Å²) in [6, 6.07) is 18.7. The van der Waals surface area contributed by atoms with Crippen molar-refractivity contribution in [2.75, 3.05) is 66.1 Å². The van der Waals surface area contributed by atoms with Gasteiger partial charge in [-0.15, -0.1) is 0 Å². The van der Waals surface area contributed by atoms with Crippen LogP contribution in [0, 0.1) is 12.8 Å². The lowest BCUT2D eigenvalue weighted by atomic mass is 9.67. The van der Waals surface area contributed by atoms with Crippen molar-refractivity contribution in [1.82, 2.24) is 10.2 Å². The molecule has 1 N–H and O–H groups in total. The topological polar surface area (TPSA) is 72.5 Å². The quantitative estimate of drug-likeness (QED) is 0.222. The zero-order valence-corrected chi connectivity index (χ0v) is 28.9. The first-order valence-corrected chi connectivity index (χ1v) is 16.6. The lowest BCUT2D eigenvalue weighted by molar-refractivity contribution is -0.122. The molecular weight excluding hydrogens is 578 g/mol. The highest BCUT2D eigenvalue weighted by atomic mass is 16.5. The fourth-order valence-electron chi connectivity index (χ4n) is 7.67. The second-order valence-electron chi connectivity index (χ2n) is 12.9. The smallest absolute Gasteiger partial charge is 0.242 e. The van der Waals surface area contributed by atoms with Crippen LogP contribution < -0.4 is 29.2 Å². The van der Waals surface area contributed by atoms with E-state index in [0.717, 1.165) is 79.1 Å². The summed E-state index contributed by atoms with van der Waals surface area (Å²) in [6.07, 6.45) is 2.89. The highest BCUT2D eigenvalue weighted by molar-refractivity contribution is 6.10. The third-order valence-corrected chi connectivity index (χ3v) is 10.2. The van der Waals surface area contributed by atoms with E-state index in [1.165, 1.54) is 0 Å². The Morgan fingerprint density at radius 3 is 2.22 bits per heavy atom. The van der Waals surface area contributed by atoms with Gasteiger partial charge in [-0.1, -0.05) is 50.6 Å². The summed E-state index contributed by atoms with van der Waals surface area (Å²) in [5.41, 5.74) is 4.53. The van der Waals surface area contributed by atoms with Crippen LogP contribution in [0.15, 0.2) is 54.6 Å². The molecule has 2 atom stereocenters. The normalized spacial score (nSPS) is 21.4. The average molecular weight is 630 g/mol. The summed E-state index contributed by atoms with van der Waals surface area (Å²) in [6.45, 7) is 13.0. The zero-order valence-electron chi connectivity index (χ0n) is 28.9. The van der Waals surface area contributed by atoms with E-state index < -0.39 is 5.41 Å². The number of likely N-dealkylation sites (N-methyl/N-ethyl adjacent to an activating group) is 1. The maximum Gasteiger partial charge on any atom is 0.242 e. The Kier molecular flexibility index (Phi) is 10.2. The van der Waals surface area contributed by atoms with E-state index in [2.05, 4.69) is 80.4 Å². The number of carbonyl (C=O) groups excluding carboxylic acids is 1. The van der Waals surface area contributed by atoms with Crippen LogP contribution >= 0.6 is 0 Å². The highest BCUT2D eigenvalue weighted by Crippen LogP contribution is 2.50. The highest BCUT2D eigenvalue weighted by Gasteiger charge is 2.53. The summed E-state index contributed by atoms with van der Waals surface area (Å²) in [7, 11) is 6.85. The molecule has 2 aliphatic heterocycles. The van der Waals surface area contributed by atoms with Crippen LogP contribution in [0.1, 0.15) is 62.3 Å². The van der Waals surface area contributed by atoms with E-state index in [9.17, 15) is 4.79 Å². The molecule has 3 aromatic carbocycles. The number of unbranched alkanes of at least 4 members (excludes halogenated alkanes) is 1. The van der Waals surface area contributed by atoms with Crippen molar-refractivity contribution >= 4 is 11.6 Å². The number of aryl methyl sites for hydroxylation is 1. The van der Waals surface area contributed by atoms with E-state index in [1.807, 2.05) is 24.1 Å². The summed E-state index contributed by atoms with van der Waals surface area (Å²) in [5, 5.41) is 3.63. The number of nitrogens with zero attached hydrogens (tertiary/aromatic N) is 2. The van der Waals surface area contributed by atoms with Gasteiger partial charge in [0.25, 0.3) is 0 Å². The van der Waals surface area contributed by atoms with Gasteiger partial charge in [0.05, 0.1) is 33.5 Å². The van der Waals surface area contributed by atoms with Gasteiger partial charge in [-0.05, 0) is 85.7 Å². The first kappa shape index (κ1) is 33.6. The third kappa shape index (κ3) is 5.71. The Balaban J connectivity index is 1.25. The van der Waals surface area contributed by atoms with Crippen LogP contribution in [0.4, 0.5) is 5.69 Å². The van der Waals surface area contributed by atoms with Gasteiger partial charge in [-0.25, -0.2) is 0 Å². The number of fused-ring (bicyclic) bond motifs is 1. The lowest BCUT2D eigenvalue weighted by Crippen LogP contribution is -2.59. The average Bonchev–Trinajstić information content (AvgIpc) is 3.29. The molecule has 46 heavy (non-hydrogen) atoms. The van der Waals surface area contributed by atoms with Crippen LogP contribution in [0.3, 0.4) is 0 Å². The number of hydrogen-bond donors (Lipinski definition) is 1. The van der Waals surface area contributed by atoms with E-state index in [-0.39, 0.29) is 17.4 Å². The van der Waals surface area contributed by atoms with Crippen molar-refractivity contribution in [3.63, 3.8) is 0 Å². The summed E-state index contributed by atoms with van der Waals surface area (Å²) >= 11 is 0. The number of amides is 1. The van der Waals surface area contributed by atoms with Gasteiger partial charge in [0.2, 0.25) is 11.7 Å². The minimum absolute atomic E-state index is 0.0950. The largest absolute Gasteiger partial charge is 0.494 e. The third-order valence-electron chi connectivity index (χ3n) is 10.2. The Bertz CT molecular complexity index is 1500. The molecule has 8 heteroatoms. The van der Waals surface area contributed by atoms with Gasteiger partial charge in [0.1, 0.15) is 11.2 Å². The van der Waals surface area contributed by atoms with Crippen LogP contribution in [-0.4, -0.2) is 72.0 Å². The molecule has 1 saturated heterocycles. The summed E-state index contributed by atoms with van der Waals surface area (Å²) in [5.74, 6) is 3.02. The monoisotopic (exact) mass is 629 g/mol. The van der Waals surface area contributed by atoms with Crippen molar-refractivity contribution in [2.45, 2.75) is 57.9 Å². The Morgan fingerprint density at radius 1 is 0.913 bits per heavy atom. The molecular formula is C38H51N3O5. The van der Waals surface area contributed by atoms with Gasteiger partial charge in [0, 0.05) is 32.4 Å². The molecule has 0 saturated carbocycles. The maximum atomic E-state index is 13.8. The molecule has 0 bridgehead atoms. The van der Waals surface area contributed by atoms with Crippen LogP contribution in [-0.2, 0) is 15.7 Å². The number of ether oxygens (including phenoxy) is 4. The predicted molar refractivity (Wildman–Crippen MR) is 184 cm³/mol. The minimum Gasteiger partial charge on any atom is -0.494 e. The van der Waals surface area contributed by atoms with Crippen molar-refractivity contribution < 1.29 is 23.7 Å². The number of carbonyl (C=O) groups is 1. The van der Waals surface area contributed by atoms with Gasteiger partial charge in [-0.2, -0.15) is 0 Å². The standard InChI is InChI=1S/C38H51N3O5/c1-9-37(29-23-33(43-6)35(45-8)34(24-29)44-7)25-39-18-20-41(37)19-10-11-21-46-30-15-13-28(14-16-30)38(26(2)3)31-22-27(4)12-17-32(31)40(5)36(38)42/h12-17,22-24,26,39H,9-11,18-21,25H2,1-8H3. The molecule has 248 valence electrons. The molecule has 0 aliphatic carbocycles. The number of piperazine rings is 1. The molecule has 0 radical (unpaired) electrons. The zero-order chi connectivity index (χ0) is 33.1.